The lowest BCUT2D eigenvalue weighted by Gasteiger charge is -2.35. The van der Waals surface area contributed by atoms with Crippen LogP contribution in [0.25, 0.3) is 0 Å². The van der Waals surface area contributed by atoms with Crippen molar-refractivity contribution in [3.63, 3.8) is 0 Å². The number of hydrogen-bond donors (Lipinski definition) is 2. The van der Waals surface area contributed by atoms with Crippen LogP contribution in [-0.2, 0) is 6.54 Å². The molecule has 1 aromatic heterocycles. The Bertz CT molecular complexity index is 558. The van der Waals surface area contributed by atoms with E-state index < -0.39 is 0 Å². The molecule has 1 aromatic rings. The van der Waals surface area contributed by atoms with E-state index >= 15 is 0 Å². The highest BCUT2D eigenvalue weighted by molar-refractivity contribution is 5.75. The van der Waals surface area contributed by atoms with Gasteiger partial charge in [-0.25, -0.2) is 9.78 Å². The van der Waals surface area contributed by atoms with E-state index in [1.807, 2.05) is 17.2 Å². The number of aromatic nitrogens is 1. The van der Waals surface area contributed by atoms with Crippen molar-refractivity contribution in [2.24, 2.45) is 0 Å². The summed E-state index contributed by atoms with van der Waals surface area (Å²) in [4.78, 5) is 21.4. The van der Waals surface area contributed by atoms with Gasteiger partial charge in [0.1, 0.15) is 5.82 Å². The number of rotatable bonds is 5. The Morgan fingerprint density at radius 3 is 2.80 bits per heavy atom. The Labute approximate surface area is 150 Å². The van der Waals surface area contributed by atoms with Gasteiger partial charge in [0.25, 0.3) is 0 Å². The first-order chi connectivity index (χ1) is 12.3. The van der Waals surface area contributed by atoms with Crippen LogP contribution in [0, 0.1) is 0 Å². The average molecular weight is 346 g/mol. The summed E-state index contributed by atoms with van der Waals surface area (Å²) in [5, 5.41) is 12.3. The van der Waals surface area contributed by atoms with Crippen molar-refractivity contribution in [3.05, 3.63) is 23.9 Å². The summed E-state index contributed by atoms with van der Waals surface area (Å²) in [7, 11) is 0. The number of urea groups is 1. The van der Waals surface area contributed by atoms with Crippen molar-refractivity contribution in [1.82, 2.24) is 15.2 Å². The highest BCUT2D eigenvalue weighted by Gasteiger charge is 2.26. The molecule has 0 aromatic carbocycles. The number of aliphatic hydroxyl groups excluding tert-OH is 1. The molecule has 2 N–H and O–H groups in total. The largest absolute Gasteiger partial charge is 0.396 e. The molecular weight excluding hydrogens is 316 g/mol. The molecule has 138 valence electrons. The summed E-state index contributed by atoms with van der Waals surface area (Å²) in [6.07, 6.45) is 9.36. The first kappa shape index (κ1) is 18.0. The number of nitrogens with zero attached hydrogens (tertiary/aromatic N) is 3. The second kappa shape index (κ2) is 9.04. The van der Waals surface area contributed by atoms with Crippen LogP contribution in [-0.4, -0.2) is 53.3 Å². The maximum atomic E-state index is 12.6. The summed E-state index contributed by atoms with van der Waals surface area (Å²) >= 11 is 0. The molecule has 0 radical (unpaired) electrons. The first-order valence-corrected chi connectivity index (χ1v) is 9.64. The first-order valence-electron chi connectivity index (χ1n) is 9.64. The van der Waals surface area contributed by atoms with E-state index in [0.29, 0.717) is 13.0 Å². The van der Waals surface area contributed by atoms with Crippen LogP contribution in [0.3, 0.4) is 0 Å². The normalized spacial score (nSPS) is 21.2. The van der Waals surface area contributed by atoms with Gasteiger partial charge in [0.2, 0.25) is 0 Å². The summed E-state index contributed by atoms with van der Waals surface area (Å²) in [6.45, 7) is 3.50. The smallest absolute Gasteiger partial charge is 0.317 e. The fraction of sp³-hybridized carbons (Fsp3) is 0.684. The van der Waals surface area contributed by atoms with E-state index in [-0.39, 0.29) is 18.7 Å². The molecule has 0 unspecified atom stereocenters. The lowest BCUT2D eigenvalue weighted by molar-refractivity contribution is 0.131. The van der Waals surface area contributed by atoms with Crippen LogP contribution < -0.4 is 10.2 Å². The van der Waals surface area contributed by atoms with Gasteiger partial charge in [-0.15, -0.1) is 0 Å². The van der Waals surface area contributed by atoms with E-state index in [1.54, 1.807) is 0 Å². The molecule has 3 rings (SSSR count). The van der Waals surface area contributed by atoms with Crippen LogP contribution in [0.1, 0.15) is 50.5 Å². The van der Waals surface area contributed by atoms with E-state index in [0.717, 1.165) is 50.3 Å². The Balaban J connectivity index is 1.61. The lowest BCUT2D eigenvalue weighted by Crippen LogP contribution is -2.48. The number of carbonyl (C=O) groups is 1. The Morgan fingerprint density at radius 1 is 1.20 bits per heavy atom. The number of aliphatic hydroxyl groups is 1. The summed E-state index contributed by atoms with van der Waals surface area (Å²) in [5.74, 6) is 1.01. The van der Waals surface area contributed by atoms with Crippen LogP contribution >= 0.6 is 0 Å². The van der Waals surface area contributed by atoms with Crippen molar-refractivity contribution in [3.8, 4) is 0 Å². The number of pyridine rings is 1. The summed E-state index contributed by atoms with van der Waals surface area (Å²) < 4.78 is 0. The fourth-order valence-corrected chi connectivity index (χ4v) is 3.95. The SMILES string of the molecule is O=C(NCc1cccnc1N1CCCCC1)N1CCCC[C@@H]1CCO. The monoisotopic (exact) mass is 346 g/mol. The molecule has 3 heterocycles. The van der Waals surface area contributed by atoms with Gasteiger partial charge >= 0.3 is 6.03 Å². The zero-order valence-electron chi connectivity index (χ0n) is 15.0. The molecule has 0 saturated carbocycles. The zero-order valence-corrected chi connectivity index (χ0v) is 15.0. The minimum absolute atomic E-state index is 0.0217. The van der Waals surface area contributed by atoms with E-state index in [9.17, 15) is 9.90 Å². The van der Waals surface area contributed by atoms with Crippen molar-refractivity contribution < 1.29 is 9.90 Å². The van der Waals surface area contributed by atoms with Gasteiger partial charge in [-0.2, -0.15) is 0 Å². The van der Waals surface area contributed by atoms with E-state index in [2.05, 4.69) is 21.3 Å². The lowest BCUT2D eigenvalue weighted by atomic mass is 10.0. The Morgan fingerprint density at radius 2 is 2.00 bits per heavy atom. The fourth-order valence-electron chi connectivity index (χ4n) is 3.95. The third-order valence-electron chi connectivity index (χ3n) is 5.30. The molecule has 6 heteroatoms. The number of anilines is 1. The van der Waals surface area contributed by atoms with Gasteiger partial charge in [-0.05, 0) is 51.0 Å². The molecule has 2 aliphatic rings. The molecule has 25 heavy (non-hydrogen) atoms. The molecule has 2 fully saturated rings. The van der Waals surface area contributed by atoms with Crippen LogP contribution in [0.15, 0.2) is 18.3 Å². The number of hydrogen-bond acceptors (Lipinski definition) is 4. The van der Waals surface area contributed by atoms with Gasteiger partial charge in [0.05, 0.1) is 0 Å². The molecule has 0 aliphatic carbocycles. The zero-order chi connectivity index (χ0) is 17.5. The Hall–Kier alpha value is -1.82. The molecule has 0 spiro atoms. The molecule has 1 atom stereocenters. The van der Waals surface area contributed by atoms with Gasteiger partial charge in [-0.1, -0.05) is 6.07 Å². The predicted octanol–water partition coefficient (Wildman–Crippen LogP) is 2.52. The maximum absolute atomic E-state index is 12.6. The Kier molecular flexibility index (Phi) is 6.50. The minimum Gasteiger partial charge on any atom is -0.396 e. The standard InChI is InChI=1S/C19H30N4O2/c24-14-9-17-8-2-5-13-23(17)19(25)21-15-16-7-6-10-20-18(16)22-11-3-1-4-12-22/h6-7,10,17,24H,1-5,8-9,11-15H2,(H,21,25)/t17-/m1/s1. The van der Waals surface area contributed by atoms with Crippen LogP contribution in [0.4, 0.5) is 10.6 Å². The average Bonchev–Trinajstić information content (AvgIpc) is 2.68. The second-order valence-electron chi connectivity index (χ2n) is 7.05. The highest BCUT2D eigenvalue weighted by atomic mass is 16.3. The summed E-state index contributed by atoms with van der Waals surface area (Å²) in [5.41, 5.74) is 1.08. The van der Waals surface area contributed by atoms with E-state index in [1.165, 1.54) is 19.3 Å². The van der Waals surface area contributed by atoms with Gasteiger partial charge < -0.3 is 20.2 Å². The quantitative estimate of drug-likeness (QED) is 0.860. The predicted molar refractivity (Wildman–Crippen MR) is 98.6 cm³/mol. The molecular formula is C19H30N4O2. The molecule has 2 aliphatic heterocycles. The second-order valence-corrected chi connectivity index (χ2v) is 7.05. The summed E-state index contributed by atoms with van der Waals surface area (Å²) in [6, 6.07) is 4.13. The molecule has 2 amide bonds. The minimum atomic E-state index is -0.0217. The van der Waals surface area contributed by atoms with Gasteiger partial charge in [0, 0.05) is 50.6 Å². The van der Waals surface area contributed by atoms with Crippen LogP contribution in [0.2, 0.25) is 0 Å². The molecule has 0 bridgehead atoms. The van der Waals surface area contributed by atoms with Crippen molar-refractivity contribution in [2.75, 3.05) is 31.1 Å². The van der Waals surface area contributed by atoms with Gasteiger partial charge in [-0.3, -0.25) is 0 Å². The number of likely N-dealkylation sites (tertiary alicyclic amines) is 1. The van der Waals surface area contributed by atoms with Crippen molar-refractivity contribution in [2.45, 2.75) is 57.5 Å². The number of amides is 2. The van der Waals surface area contributed by atoms with Crippen LogP contribution in [0.5, 0.6) is 0 Å². The maximum Gasteiger partial charge on any atom is 0.317 e. The van der Waals surface area contributed by atoms with Gasteiger partial charge in [0.15, 0.2) is 0 Å². The van der Waals surface area contributed by atoms with Crippen molar-refractivity contribution >= 4 is 11.8 Å². The third-order valence-corrected chi connectivity index (χ3v) is 5.30. The number of piperidine rings is 2. The third kappa shape index (κ3) is 4.63. The highest BCUT2D eigenvalue weighted by Crippen LogP contribution is 2.22. The topological polar surface area (TPSA) is 68.7 Å². The van der Waals surface area contributed by atoms with E-state index in [4.69, 9.17) is 0 Å². The number of carbonyl (C=O) groups excluding carboxylic acids is 1. The molecule has 6 nitrogen and oxygen atoms in total. The van der Waals surface area contributed by atoms with Crippen molar-refractivity contribution in [1.29, 1.82) is 0 Å². The molecule has 2 saturated heterocycles. The number of nitrogens with one attached hydrogen (secondary N) is 1.